The molecule has 376 valence electrons. The van der Waals surface area contributed by atoms with Crippen LogP contribution < -0.4 is 4.89 Å². The Morgan fingerprint density at radius 2 is 1.17 bits per heavy atom. The Hall–Kier alpha value is -3.05. The van der Waals surface area contributed by atoms with Crippen molar-refractivity contribution in [3.63, 3.8) is 0 Å². The number of hydrogen-bond acceptors (Lipinski definition) is 10. The van der Waals surface area contributed by atoms with Crippen molar-refractivity contribution in [1.82, 2.24) is 0 Å². The molecular formula is C54H90NO10P. The fourth-order valence-electron chi connectivity index (χ4n) is 7.31. The van der Waals surface area contributed by atoms with Crippen LogP contribution in [-0.4, -0.2) is 82.2 Å². The fraction of sp³-hybridized carbons (Fsp3) is 0.704. The van der Waals surface area contributed by atoms with Gasteiger partial charge in [-0.15, -0.1) is 0 Å². The molecule has 11 nitrogen and oxygen atoms in total. The standard InChI is InChI=1S/C54H90NO10P/c1-8-10-30-36-49-46(3)47(4)50(64-49)37-32-26-22-18-16-17-21-25-29-35-41-54(57)63-48(45-62-66(58,59)61-43-42-55(5,6)7)44-60-53(56)40-34-28-24-20-15-13-12-14-19-23-27-33-39-52-51(65-52)38-31-11-9-2/h11,13-15,19,24,27-28,31,33,48,51-52H,8-10,12,16-18,20-23,25-26,29-30,32,34-45H2,1-7H3/b15-13-,19-14-,28-24-,31-11-,33-27-/t48-,51?,52?/m1/s1. The van der Waals surface area contributed by atoms with Gasteiger partial charge in [0.2, 0.25) is 0 Å². The molecule has 2 rings (SSSR count). The van der Waals surface area contributed by atoms with Crippen LogP contribution in [0.4, 0.5) is 0 Å². The summed E-state index contributed by atoms with van der Waals surface area (Å²) >= 11 is 0. The van der Waals surface area contributed by atoms with Crippen molar-refractivity contribution in [2.45, 2.75) is 200 Å². The number of likely N-dealkylation sites (N-methyl/N-ethyl adjacent to an activating group) is 1. The first-order chi connectivity index (χ1) is 31.7. The number of carbonyl (C=O) groups is 2. The lowest BCUT2D eigenvalue weighted by Crippen LogP contribution is -2.37. The molecule has 1 aliphatic rings. The van der Waals surface area contributed by atoms with Gasteiger partial charge in [-0.2, -0.15) is 0 Å². The number of unbranched alkanes of at least 4 members (excludes halogenated alkanes) is 11. The van der Waals surface area contributed by atoms with Crippen LogP contribution in [0.15, 0.2) is 65.2 Å². The van der Waals surface area contributed by atoms with Gasteiger partial charge >= 0.3 is 11.9 Å². The number of esters is 2. The van der Waals surface area contributed by atoms with E-state index in [4.69, 9.17) is 27.7 Å². The number of quaternary nitrogens is 1. The largest absolute Gasteiger partial charge is 0.756 e. The van der Waals surface area contributed by atoms with Gasteiger partial charge < -0.3 is 37.1 Å². The number of furan rings is 1. The third-order valence-corrected chi connectivity index (χ3v) is 12.6. The van der Waals surface area contributed by atoms with Gasteiger partial charge in [0.25, 0.3) is 7.82 Å². The molecular weight excluding hydrogens is 854 g/mol. The maximum Gasteiger partial charge on any atom is 0.306 e. The molecule has 0 radical (unpaired) electrons. The highest BCUT2D eigenvalue weighted by Crippen LogP contribution is 2.38. The van der Waals surface area contributed by atoms with E-state index < -0.39 is 32.5 Å². The van der Waals surface area contributed by atoms with E-state index >= 15 is 0 Å². The summed E-state index contributed by atoms with van der Waals surface area (Å²) in [6, 6.07) is 0. The number of ether oxygens (including phenoxy) is 3. The topological polar surface area (TPSA) is 137 Å². The maximum absolute atomic E-state index is 12.8. The number of hydrogen-bond donors (Lipinski definition) is 0. The summed E-state index contributed by atoms with van der Waals surface area (Å²) in [4.78, 5) is 37.8. The number of nitrogens with zero attached hydrogens (tertiary/aromatic N) is 1. The highest BCUT2D eigenvalue weighted by Gasteiger charge is 2.36. The second-order valence-electron chi connectivity index (χ2n) is 18.8. The zero-order valence-electron chi connectivity index (χ0n) is 42.3. The molecule has 0 aromatic carbocycles. The molecule has 3 unspecified atom stereocenters. The van der Waals surface area contributed by atoms with E-state index in [0.717, 1.165) is 70.6 Å². The van der Waals surface area contributed by atoms with Crippen LogP contribution in [0.5, 0.6) is 0 Å². The zero-order chi connectivity index (χ0) is 48.3. The quantitative estimate of drug-likeness (QED) is 0.0156. The Balaban J connectivity index is 1.61. The van der Waals surface area contributed by atoms with Gasteiger partial charge in [0, 0.05) is 25.7 Å². The third-order valence-electron chi connectivity index (χ3n) is 11.7. The predicted octanol–water partition coefficient (Wildman–Crippen LogP) is 12.8. The van der Waals surface area contributed by atoms with Gasteiger partial charge in [0.05, 0.1) is 40.0 Å². The van der Waals surface area contributed by atoms with Crippen LogP contribution in [0.1, 0.15) is 178 Å². The molecule has 1 aliphatic heterocycles. The van der Waals surface area contributed by atoms with E-state index in [9.17, 15) is 19.0 Å². The van der Waals surface area contributed by atoms with Gasteiger partial charge in [-0.3, -0.25) is 14.2 Å². The van der Waals surface area contributed by atoms with Gasteiger partial charge in [0.15, 0.2) is 6.10 Å². The SMILES string of the molecule is CC/C=C\CC1OC1C/C=C\C/C=C\C/C=C\C/C=C\CCC(=O)OC[C@H](COP(=O)([O-])OCC[N+](C)(C)C)OC(=O)CCCCCCCCCCCCc1oc(CCCCC)c(C)c1C. The van der Waals surface area contributed by atoms with Gasteiger partial charge in [-0.05, 0) is 89.2 Å². The Labute approximate surface area is 400 Å². The first kappa shape index (κ1) is 59.1. The molecule has 2 heterocycles. The van der Waals surface area contributed by atoms with E-state index in [-0.39, 0.29) is 26.1 Å². The second kappa shape index (κ2) is 36.0. The number of epoxide rings is 1. The first-order valence-electron chi connectivity index (χ1n) is 25.5. The number of allylic oxidation sites excluding steroid dienone is 8. The van der Waals surface area contributed by atoms with Crippen molar-refractivity contribution in [2.75, 3.05) is 47.5 Å². The minimum Gasteiger partial charge on any atom is -0.756 e. The van der Waals surface area contributed by atoms with Gasteiger partial charge in [-0.1, -0.05) is 139 Å². The lowest BCUT2D eigenvalue weighted by molar-refractivity contribution is -0.870. The summed E-state index contributed by atoms with van der Waals surface area (Å²) < 4.78 is 45.9. The molecule has 0 amide bonds. The average Bonchev–Trinajstić information content (AvgIpc) is 3.97. The van der Waals surface area contributed by atoms with Crippen molar-refractivity contribution in [3.8, 4) is 0 Å². The van der Waals surface area contributed by atoms with E-state index in [0.29, 0.717) is 36.1 Å². The molecule has 1 saturated heterocycles. The van der Waals surface area contributed by atoms with E-state index in [1.165, 1.54) is 80.4 Å². The van der Waals surface area contributed by atoms with Crippen molar-refractivity contribution in [3.05, 3.63) is 83.4 Å². The van der Waals surface area contributed by atoms with Crippen LogP contribution in [0, 0.1) is 13.8 Å². The zero-order valence-corrected chi connectivity index (χ0v) is 43.2. The van der Waals surface area contributed by atoms with Crippen LogP contribution in [0.25, 0.3) is 0 Å². The fourth-order valence-corrected chi connectivity index (χ4v) is 8.04. The summed E-state index contributed by atoms with van der Waals surface area (Å²) in [5.74, 6) is 1.41. The molecule has 66 heavy (non-hydrogen) atoms. The molecule has 0 spiro atoms. The minimum atomic E-state index is -4.66. The van der Waals surface area contributed by atoms with Crippen molar-refractivity contribution in [1.29, 1.82) is 0 Å². The van der Waals surface area contributed by atoms with Crippen LogP contribution in [-0.2, 0) is 50.3 Å². The van der Waals surface area contributed by atoms with E-state index in [2.05, 4.69) is 76.3 Å². The van der Waals surface area contributed by atoms with Crippen molar-refractivity contribution in [2.24, 2.45) is 0 Å². The highest BCUT2D eigenvalue weighted by atomic mass is 31.2. The van der Waals surface area contributed by atoms with E-state index in [1.807, 2.05) is 33.3 Å². The van der Waals surface area contributed by atoms with Crippen LogP contribution >= 0.6 is 7.82 Å². The summed E-state index contributed by atoms with van der Waals surface area (Å²) in [7, 11) is 1.10. The Bertz CT molecular complexity index is 1650. The molecule has 1 aromatic heterocycles. The number of phosphoric ester groups is 1. The average molecular weight is 944 g/mol. The minimum absolute atomic E-state index is 0.0522. The molecule has 1 aromatic rings. The predicted molar refractivity (Wildman–Crippen MR) is 266 cm³/mol. The number of carbonyl (C=O) groups excluding carboxylic acids is 2. The van der Waals surface area contributed by atoms with Crippen LogP contribution in [0.3, 0.4) is 0 Å². The Kier molecular flexibility index (Phi) is 32.2. The van der Waals surface area contributed by atoms with Crippen molar-refractivity contribution >= 4 is 19.8 Å². The van der Waals surface area contributed by atoms with Crippen molar-refractivity contribution < 1.29 is 51.2 Å². The number of phosphoric acid groups is 1. The smallest absolute Gasteiger partial charge is 0.306 e. The van der Waals surface area contributed by atoms with Crippen LogP contribution in [0.2, 0.25) is 0 Å². The Morgan fingerprint density at radius 3 is 1.73 bits per heavy atom. The molecule has 0 aliphatic carbocycles. The number of aryl methyl sites for hydroxylation is 2. The van der Waals surface area contributed by atoms with E-state index in [1.54, 1.807) is 0 Å². The highest BCUT2D eigenvalue weighted by molar-refractivity contribution is 7.45. The molecule has 0 bridgehead atoms. The Morgan fingerprint density at radius 1 is 0.652 bits per heavy atom. The summed E-state index contributed by atoms with van der Waals surface area (Å²) in [5.41, 5.74) is 2.68. The van der Waals surface area contributed by atoms with Gasteiger partial charge in [-0.25, -0.2) is 0 Å². The maximum atomic E-state index is 12.8. The second-order valence-corrected chi connectivity index (χ2v) is 20.2. The monoisotopic (exact) mass is 944 g/mol. The molecule has 0 saturated carbocycles. The van der Waals surface area contributed by atoms with Gasteiger partial charge in [0.1, 0.15) is 31.3 Å². The molecule has 1 fully saturated rings. The molecule has 0 N–H and O–H groups in total. The third kappa shape index (κ3) is 31.1. The first-order valence-corrected chi connectivity index (χ1v) is 26.9. The summed E-state index contributed by atoms with van der Waals surface area (Å²) in [6.07, 6.45) is 44.1. The normalized spacial score (nSPS) is 17.0. The molecule has 4 atom stereocenters. The molecule has 12 heteroatoms. The lowest BCUT2D eigenvalue weighted by atomic mass is 10.0. The number of rotatable bonds is 41. The summed E-state index contributed by atoms with van der Waals surface area (Å²) in [6.45, 7) is 8.36. The lowest BCUT2D eigenvalue weighted by Gasteiger charge is -2.28. The summed E-state index contributed by atoms with van der Waals surface area (Å²) in [5, 5.41) is 0.